The number of likely N-dealkylation sites (N-methyl/N-ethyl adjacent to an activating group) is 1. The van der Waals surface area contributed by atoms with Gasteiger partial charge in [0.1, 0.15) is 0 Å². The Morgan fingerprint density at radius 1 is 1.41 bits per heavy atom. The van der Waals surface area contributed by atoms with Gasteiger partial charge in [-0.15, -0.1) is 0 Å². The van der Waals surface area contributed by atoms with Crippen LogP contribution in [-0.4, -0.2) is 30.4 Å². The molecule has 3 N–H and O–H groups in total. The maximum Gasteiger partial charge on any atom is 0.234 e. The maximum atomic E-state index is 11.6. The number of rotatable bonds is 5. The molecule has 17 heavy (non-hydrogen) atoms. The molecule has 1 aromatic rings. The molecule has 1 rings (SSSR count). The molecule has 0 heterocycles. The van der Waals surface area contributed by atoms with Crippen LogP contribution in [0.4, 0.5) is 5.69 Å². The van der Waals surface area contributed by atoms with Gasteiger partial charge in [0.15, 0.2) is 0 Å². The van der Waals surface area contributed by atoms with E-state index >= 15 is 0 Å². The topological polar surface area (TPSA) is 58.4 Å². The summed E-state index contributed by atoms with van der Waals surface area (Å²) in [5, 5.41) is 2.86. The zero-order chi connectivity index (χ0) is 12.8. The lowest BCUT2D eigenvalue weighted by molar-refractivity contribution is -0.122. The van der Waals surface area contributed by atoms with Crippen molar-refractivity contribution >= 4 is 11.6 Å². The summed E-state index contributed by atoms with van der Waals surface area (Å²) < 4.78 is 0. The lowest BCUT2D eigenvalue weighted by Crippen LogP contribution is -2.38. The first-order valence-corrected chi connectivity index (χ1v) is 5.80. The molecule has 0 radical (unpaired) electrons. The van der Waals surface area contributed by atoms with Crippen molar-refractivity contribution in [3.8, 4) is 0 Å². The van der Waals surface area contributed by atoms with E-state index in [2.05, 4.69) is 5.32 Å². The number of carbonyl (C=O) groups is 1. The first-order chi connectivity index (χ1) is 7.99. The molecule has 0 spiro atoms. The van der Waals surface area contributed by atoms with E-state index in [1.54, 1.807) is 0 Å². The minimum absolute atomic E-state index is 0.0389. The number of nitrogen functional groups attached to an aromatic ring is 1. The summed E-state index contributed by atoms with van der Waals surface area (Å²) in [5.74, 6) is 0.0389. The van der Waals surface area contributed by atoms with Crippen LogP contribution in [-0.2, 0) is 11.3 Å². The third kappa shape index (κ3) is 4.87. The van der Waals surface area contributed by atoms with E-state index in [-0.39, 0.29) is 11.9 Å². The predicted molar refractivity (Wildman–Crippen MR) is 70.5 cm³/mol. The van der Waals surface area contributed by atoms with Crippen LogP contribution in [0.3, 0.4) is 0 Å². The van der Waals surface area contributed by atoms with E-state index < -0.39 is 0 Å². The Morgan fingerprint density at radius 3 is 2.65 bits per heavy atom. The average Bonchev–Trinajstić information content (AvgIpc) is 2.19. The van der Waals surface area contributed by atoms with Gasteiger partial charge >= 0.3 is 0 Å². The smallest absolute Gasteiger partial charge is 0.234 e. The molecule has 4 nitrogen and oxygen atoms in total. The first-order valence-electron chi connectivity index (χ1n) is 5.80. The molecule has 0 fully saturated rings. The molecule has 0 aromatic heterocycles. The van der Waals surface area contributed by atoms with E-state index in [4.69, 9.17) is 5.73 Å². The van der Waals surface area contributed by atoms with Crippen LogP contribution in [0.15, 0.2) is 24.3 Å². The summed E-state index contributed by atoms with van der Waals surface area (Å²) in [6.45, 7) is 4.96. The van der Waals surface area contributed by atoms with Crippen molar-refractivity contribution in [1.29, 1.82) is 0 Å². The Balaban J connectivity index is 2.47. The molecule has 94 valence electrons. The fourth-order valence-electron chi connectivity index (χ4n) is 1.64. The molecular formula is C13H21N3O. The highest BCUT2D eigenvalue weighted by Crippen LogP contribution is 2.12. The normalized spacial score (nSPS) is 10.9. The SMILES string of the molecule is CC(C)NC(=O)CN(C)Cc1ccccc1N. The maximum absolute atomic E-state index is 11.6. The number of anilines is 1. The Labute approximate surface area is 103 Å². The number of nitrogens with zero attached hydrogens (tertiary/aromatic N) is 1. The summed E-state index contributed by atoms with van der Waals surface area (Å²) in [6, 6.07) is 7.89. The molecular weight excluding hydrogens is 214 g/mol. The second-order valence-electron chi connectivity index (χ2n) is 4.59. The molecule has 0 bridgehead atoms. The summed E-state index contributed by atoms with van der Waals surface area (Å²) in [6.07, 6.45) is 0. The van der Waals surface area contributed by atoms with E-state index in [1.165, 1.54) is 0 Å². The number of hydrogen-bond acceptors (Lipinski definition) is 3. The van der Waals surface area contributed by atoms with Gasteiger partial charge in [-0.3, -0.25) is 9.69 Å². The van der Waals surface area contributed by atoms with Crippen molar-refractivity contribution in [2.45, 2.75) is 26.4 Å². The predicted octanol–water partition coefficient (Wildman–Crippen LogP) is 1.23. The number of benzene rings is 1. The summed E-state index contributed by atoms with van der Waals surface area (Å²) in [5.41, 5.74) is 7.67. The zero-order valence-corrected chi connectivity index (χ0v) is 10.7. The van der Waals surface area contributed by atoms with Gasteiger partial charge in [-0.05, 0) is 32.5 Å². The van der Waals surface area contributed by atoms with E-state index in [0.717, 1.165) is 11.3 Å². The zero-order valence-electron chi connectivity index (χ0n) is 10.7. The van der Waals surface area contributed by atoms with Crippen molar-refractivity contribution in [3.05, 3.63) is 29.8 Å². The molecule has 0 aliphatic heterocycles. The third-order valence-corrected chi connectivity index (χ3v) is 2.36. The van der Waals surface area contributed by atoms with Crippen LogP contribution in [0.1, 0.15) is 19.4 Å². The van der Waals surface area contributed by atoms with Crippen molar-refractivity contribution in [1.82, 2.24) is 10.2 Å². The van der Waals surface area contributed by atoms with Gasteiger partial charge in [0.25, 0.3) is 0 Å². The minimum atomic E-state index is 0.0389. The molecule has 4 heteroatoms. The van der Waals surface area contributed by atoms with Crippen LogP contribution >= 0.6 is 0 Å². The summed E-state index contributed by atoms with van der Waals surface area (Å²) >= 11 is 0. The van der Waals surface area contributed by atoms with Crippen LogP contribution in [0.5, 0.6) is 0 Å². The molecule has 0 unspecified atom stereocenters. The third-order valence-electron chi connectivity index (χ3n) is 2.36. The van der Waals surface area contributed by atoms with Crippen LogP contribution in [0.2, 0.25) is 0 Å². The standard InChI is InChI=1S/C13H21N3O/c1-10(2)15-13(17)9-16(3)8-11-6-4-5-7-12(11)14/h4-7,10H,8-9,14H2,1-3H3,(H,15,17). The van der Waals surface area contributed by atoms with Crippen LogP contribution in [0, 0.1) is 0 Å². The average molecular weight is 235 g/mol. The highest BCUT2D eigenvalue weighted by atomic mass is 16.2. The van der Waals surface area contributed by atoms with E-state index in [1.807, 2.05) is 50.1 Å². The monoisotopic (exact) mass is 235 g/mol. The van der Waals surface area contributed by atoms with Gasteiger partial charge in [-0.1, -0.05) is 18.2 Å². The number of carbonyl (C=O) groups excluding carboxylic acids is 1. The van der Waals surface area contributed by atoms with Gasteiger partial charge in [-0.25, -0.2) is 0 Å². The summed E-state index contributed by atoms with van der Waals surface area (Å²) in [4.78, 5) is 13.5. The Morgan fingerprint density at radius 2 is 2.06 bits per heavy atom. The second kappa shape index (κ2) is 6.25. The Bertz CT molecular complexity index is 377. The molecule has 1 amide bonds. The minimum Gasteiger partial charge on any atom is -0.398 e. The van der Waals surface area contributed by atoms with Crippen LogP contribution in [0.25, 0.3) is 0 Å². The molecule has 0 saturated heterocycles. The highest BCUT2D eigenvalue weighted by Gasteiger charge is 2.08. The highest BCUT2D eigenvalue weighted by molar-refractivity contribution is 5.78. The van der Waals surface area contributed by atoms with Crippen molar-refractivity contribution in [3.63, 3.8) is 0 Å². The van der Waals surface area contributed by atoms with Crippen molar-refractivity contribution < 1.29 is 4.79 Å². The van der Waals surface area contributed by atoms with Crippen molar-refractivity contribution in [2.24, 2.45) is 0 Å². The fraction of sp³-hybridized carbons (Fsp3) is 0.462. The number of amides is 1. The fourth-order valence-corrected chi connectivity index (χ4v) is 1.64. The number of nitrogens with one attached hydrogen (secondary N) is 1. The summed E-state index contributed by atoms with van der Waals surface area (Å²) in [7, 11) is 1.91. The molecule has 0 atom stereocenters. The second-order valence-corrected chi connectivity index (χ2v) is 4.59. The van der Waals surface area contributed by atoms with Gasteiger partial charge in [-0.2, -0.15) is 0 Å². The lowest BCUT2D eigenvalue weighted by atomic mass is 10.2. The van der Waals surface area contributed by atoms with Crippen molar-refractivity contribution in [2.75, 3.05) is 19.3 Å². The number of para-hydroxylation sites is 1. The van der Waals surface area contributed by atoms with Gasteiger partial charge in [0.05, 0.1) is 6.54 Å². The van der Waals surface area contributed by atoms with Gasteiger partial charge in [0.2, 0.25) is 5.91 Å². The van der Waals surface area contributed by atoms with E-state index in [0.29, 0.717) is 13.1 Å². The van der Waals surface area contributed by atoms with E-state index in [9.17, 15) is 4.79 Å². The Kier molecular flexibility index (Phi) is 4.97. The first kappa shape index (κ1) is 13.5. The molecule has 0 saturated carbocycles. The quantitative estimate of drug-likeness (QED) is 0.755. The largest absolute Gasteiger partial charge is 0.398 e. The molecule has 0 aliphatic carbocycles. The molecule has 0 aliphatic rings. The lowest BCUT2D eigenvalue weighted by Gasteiger charge is -2.18. The Hall–Kier alpha value is -1.55. The van der Waals surface area contributed by atoms with Gasteiger partial charge in [0, 0.05) is 18.3 Å². The number of nitrogens with two attached hydrogens (primary N) is 1. The molecule has 1 aromatic carbocycles. The number of hydrogen-bond donors (Lipinski definition) is 2. The van der Waals surface area contributed by atoms with Gasteiger partial charge < -0.3 is 11.1 Å². The van der Waals surface area contributed by atoms with Crippen LogP contribution < -0.4 is 11.1 Å².